The quantitative estimate of drug-likeness (QED) is 0.880. The normalized spacial score (nSPS) is 18.1. The topological polar surface area (TPSA) is 49.3 Å². The maximum Gasteiger partial charge on any atom is 0.252 e. The van der Waals surface area contributed by atoms with Gasteiger partial charge in [0.1, 0.15) is 5.75 Å². The molecule has 1 aromatic carbocycles. The van der Waals surface area contributed by atoms with E-state index in [-0.39, 0.29) is 11.7 Å². The number of phenols is 1. The van der Waals surface area contributed by atoms with Gasteiger partial charge in [-0.05, 0) is 58.6 Å². The summed E-state index contributed by atoms with van der Waals surface area (Å²) in [5, 5.41) is 12.3. The molecule has 0 atom stereocenters. The molecule has 0 heterocycles. The van der Waals surface area contributed by atoms with Gasteiger partial charge in [-0.3, -0.25) is 4.79 Å². The SMILES string of the molecule is O=C(NCc1cccc(O)c1)C1=C2C=C3CC3=C2C=C1. The molecule has 0 radical (unpaired) electrons. The average Bonchev–Trinajstić information content (AvgIpc) is 2.92. The third-order valence-electron chi connectivity index (χ3n) is 3.88. The van der Waals surface area contributed by atoms with E-state index in [1.807, 2.05) is 18.2 Å². The lowest BCUT2D eigenvalue weighted by Gasteiger charge is -2.07. The number of benzene rings is 1. The number of phenolic OH excluding ortho intramolecular Hbond substituents is 1. The summed E-state index contributed by atoms with van der Waals surface area (Å²) in [4.78, 5) is 12.2. The van der Waals surface area contributed by atoms with E-state index in [4.69, 9.17) is 0 Å². The summed E-state index contributed by atoms with van der Waals surface area (Å²) in [6.07, 6.45) is 7.13. The highest BCUT2D eigenvalue weighted by atomic mass is 16.3. The van der Waals surface area contributed by atoms with E-state index in [1.165, 1.54) is 16.7 Å². The Morgan fingerprint density at radius 1 is 1.25 bits per heavy atom. The van der Waals surface area contributed by atoms with Crippen LogP contribution in [0.3, 0.4) is 0 Å². The number of rotatable bonds is 3. The molecule has 0 bridgehead atoms. The molecule has 0 spiro atoms. The van der Waals surface area contributed by atoms with Crippen molar-refractivity contribution >= 4 is 5.91 Å². The van der Waals surface area contributed by atoms with E-state index in [0.29, 0.717) is 6.54 Å². The van der Waals surface area contributed by atoms with Crippen LogP contribution in [-0.4, -0.2) is 11.0 Å². The third kappa shape index (κ3) is 1.71. The molecule has 98 valence electrons. The van der Waals surface area contributed by atoms with Gasteiger partial charge in [0.15, 0.2) is 0 Å². The molecular formula is C17H13NO2. The fourth-order valence-corrected chi connectivity index (χ4v) is 2.78. The molecule has 1 saturated carbocycles. The summed E-state index contributed by atoms with van der Waals surface area (Å²) in [6, 6.07) is 6.92. The van der Waals surface area contributed by atoms with Crippen LogP contribution in [0.15, 0.2) is 70.4 Å². The smallest absolute Gasteiger partial charge is 0.252 e. The molecule has 4 rings (SSSR count). The van der Waals surface area contributed by atoms with Gasteiger partial charge in [-0.1, -0.05) is 18.2 Å². The molecule has 3 nitrogen and oxygen atoms in total. The van der Waals surface area contributed by atoms with E-state index in [2.05, 4.69) is 11.4 Å². The molecule has 1 amide bonds. The first-order valence-corrected chi connectivity index (χ1v) is 6.65. The Balaban J connectivity index is 1.50. The minimum atomic E-state index is -0.0617. The third-order valence-corrected chi connectivity index (χ3v) is 3.88. The van der Waals surface area contributed by atoms with E-state index >= 15 is 0 Å². The molecule has 3 heteroatoms. The van der Waals surface area contributed by atoms with E-state index < -0.39 is 0 Å². The Morgan fingerprint density at radius 2 is 2.15 bits per heavy atom. The predicted octanol–water partition coefficient (Wildman–Crippen LogP) is 2.52. The minimum Gasteiger partial charge on any atom is -0.508 e. The number of hydrogen-bond donors (Lipinski definition) is 2. The van der Waals surface area contributed by atoms with Crippen molar-refractivity contribution in [1.29, 1.82) is 0 Å². The fraction of sp³-hybridized carbons (Fsp3) is 0.118. The van der Waals surface area contributed by atoms with Crippen molar-refractivity contribution in [2.24, 2.45) is 0 Å². The zero-order valence-electron chi connectivity index (χ0n) is 10.8. The van der Waals surface area contributed by atoms with Crippen LogP contribution >= 0.6 is 0 Å². The molecular weight excluding hydrogens is 250 g/mol. The summed E-state index contributed by atoms with van der Waals surface area (Å²) >= 11 is 0. The van der Waals surface area contributed by atoms with Crippen LogP contribution < -0.4 is 5.32 Å². The van der Waals surface area contributed by atoms with Crippen LogP contribution in [-0.2, 0) is 11.3 Å². The number of carbonyl (C=O) groups is 1. The first-order chi connectivity index (χ1) is 9.72. The predicted molar refractivity (Wildman–Crippen MR) is 75.8 cm³/mol. The van der Waals surface area contributed by atoms with Gasteiger partial charge >= 0.3 is 0 Å². The second-order valence-electron chi connectivity index (χ2n) is 5.25. The van der Waals surface area contributed by atoms with Crippen LogP contribution in [0.4, 0.5) is 0 Å². The van der Waals surface area contributed by atoms with Gasteiger partial charge in [0.2, 0.25) is 0 Å². The van der Waals surface area contributed by atoms with Crippen LogP contribution in [0.1, 0.15) is 12.0 Å². The largest absolute Gasteiger partial charge is 0.508 e. The number of allylic oxidation sites excluding steroid dienone is 6. The number of amides is 1. The van der Waals surface area contributed by atoms with E-state index in [9.17, 15) is 9.90 Å². The summed E-state index contributed by atoms with van der Waals surface area (Å²) in [5.41, 5.74) is 6.69. The van der Waals surface area contributed by atoms with E-state index in [1.54, 1.807) is 18.2 Å². The Morgan fingerprint density at radius 3 is 3.00 bits per heavy atom. The molecule has 0 aliphatic heterocycles. The number of fused-ring (bicyclic) bond motifs is 2. The van der Waals surface area contributed by atoms with Gasteiger partial charge in [0.05, 0.1) is 0 Å². The summed E-state index contributed by atoms with van der Waals surface area (Å²) < 4.78 is 0. The highest BCUT2D eigenvalue weighted by molar-refractivity contribution is 6.01. The van der Waals surface area contributed by atoms with Crippen molar-refractivity contribution < 1.29 is 9.90 Å². The Kier molecular flexibility index (Phi) is 2.24. The zero-order chi connectivity index (χ0) is 13.7. The average molecular weight is 263 g/mol. The highest BCUT2D eigenvalue weighted by Gasteiger charge is 2.35. The minimum absolute atomic E-state index is 0.0617. The van der Waals surface area contributed by atoms with Crippen molar-refractivity contribution in [3.63, 3.8) is 0 Å². The van der Waals surface area contributed by atoms with Crippen molar-refractivity contribution in [2.75, 3.05) is 0 Å². The van der Waals surface area contributed by atoms with Crippen molar-refractivity contribution in [2.45, 2.75) is 13.0 Å². The van der Waals surface area contributed by atoms with Crippen molar-refractivity contribution in [3.8, 4) is 5.75 Å². The molecule has 3 aliphatic carbocycles. The first kappa shape index (κ1) is 11.3. The molecule has 1 fully saturated rings. The maximum absolute atomic E-state index is 12.2. The van der Waals surface area contributed by atoms with Gasteiger partial charge in [0, 0.05) is 12.1 Å². The van der Waals surface area contributed by atoms with Crippen molar-refractivity contribution in [3.05, 3.63) is 75.9 Å². The number of carbonyl (C=O) groups excluding carboxylic acids is 1. The lowest BCUT2D eigenvalue weighted by atomic mass is 10.1. The summed E-state index contributed by atoms with van der Waals surface area (Å²) in [7, 11) is 0. The summed E-state index contributed by atoms with van der Waals surface area (Å²) in [5.74, 6) is 0.153. The molecule has 3 aliphatic rings. The molecule has 2 N–H and O–H groups in total. The van der Waals surface area contributed by atoms with Crippen LogP contribution in [0.2, 0.25) is 0 Å². The summed E-state index contributed by atoms with van der Waals surface area (Å²) in [6.45, 7) is 0.417. The maximum atomic E-state index is 12.2. The Labute approximate surface area is 116 Å². The second-order valence-corrected chi connectivity index (χ2v) is 5.25. The van der Waals surface area contributed by atoms with Gasteiger partial charge in [-0.15, -0.1) is 0 Å². The first-order valence-electron chi connectivity index (χ1n) is 6.65. The lowest BCUT2D eigenvalue weighted by Crippen LogP contribution is -2.24. The van der Waals surface area contributed by atoms with Crippen LogP contribution in [0, 0.1) is 0 Å². The standard InChI is InChI=1S/C17H13NO2/c19-12-3-1-2-10(6-12)9-18-17(20)14-5-4-13-15-7-11(15)8-16(13)14/h1-6,8,19H,7,9H2,(H,18,20). The van der Waals surface area contributed by atoms with E-state index in [0.717, 1.165) is 23.1 Å². The number of hydrogen-bond acceptors (Lipinski definition) is 2. The molecule has 20 heavy (non-hydrogen) atoms. The number of nitrogens with one attached hydrogen (secondary N) is 1. The fourth-order valence-electron chi connectivity index (χ4n) is 2.78. The number of aromatic hydroxyl groups is 1. The van der Waals surface area contributed by atoms with Crippen LogP contribution in [0.25, 0.3) is 0 Å². The lowest BCUT2D eigenvalue weighted by molar-refractivity contribution is -0.117. The molecule has 0 aromatic heterocycles. The molecule has 0 saturated heterocycles. The zero-order valence-corrected chi connectivity index (χ0v) is 10.8. The van der Waals surface area contributed by atoms with Gasteiger partial charge in [-0.25, -0.2) is 0 Å². The molecule has 1 aromatic rings. The Hall–Kier alpha value is -2.55. The van der Waals surface area contributed by atoms with Crippen molar-refractivity contribution in [1.82, 2.24) is 5.32 Å². The van der Waals surface area contributed by atoms with Crippen LogP contribution in [0.5, 0.6) is 5.75 Å². The Bertz CT molecular complexity index is 763. The molecule has 0 unspecified atom stereocenters. The van der Waals surface area contributed by atoms with Gasteiger partial charge in [0.25, 0.3) is 5.91 Å². The second kappa shape index (κ2) is 3.97. The highest BCUT2D eigenvalue weighted by Crippen LogP contribution is 2.51. The van der Waals surface area contributed by atoms with Gasteiger partial charge < -0.3 is 10.4 Å². The monoisotopic (exact) mass is 263 g/mol. The van der Waals surface area contributed by atoms with Gasteiger partial charge in [-0.2, -0.15) is 0 Å².